The van der Waals surface area contributed by atoms with Gasteiger partial charge in [0.2, 0.25) is 0 Å². The highest BCUT2D eigenvalue weighted by atomic mass is 79.9. The third-order valence-electron chi connectivity index (χ3n) is 4.30. The highest BCUT2D eigenvalue weighted by Gasteiger charge is 2.16. The summed E-state index contributed by atoms with van der Waals surface area (Å²) in [6, 6.07) is 21.3. The molecule has 30 heavy (non-hydrogen) atoms. The van der Waals surface area contributed by atoms with Gasteiger partial charge in [0.15, 0.2) is 6.61 Å². The van der Waals surface area contributed by atoms with Crippen LogP contribution in [0, 0.1) is 0 Å². The van der Waals surface area contributed by atoms with E-state index in [0.717, 1.165) is 5.69 Å². The molecule has 0 aliphatic rings. The van der Waals surface area contributed by atoms with E-state index in [9.17, 15) is 9.59 Å². The molecule has 0 saturated heterocycles. The minimum absolute atomic E-state index is 0.0995. The fourth-order valence-corrected chi connectivity index (χ4v) is 3.63. The van der Waals surface area contributed by atoms with Crippen molar-refractivity contribution in [3.05, 3.63) is 87.9 Å². The number of halogens is 2. The normalized spacial score (nSPS) is 10.4. The zero-order valence-corrected chi connectivity index (χ0v) is 18.6. The Hall–Kier alpha value is -2.83. The molecule has 0 saturated carbocycles. The minimum atomic E-state index is -0.310. The molecule has 0 radical (unpaired) electrons. The van der Waals surface area contributed by atoms with Gasteiger partial charge < -0.3 is 15.0 Å². The SMILES string of the molecule is CCN(C(=O)c1ccc(NC(=O)COc2ccc(Cl)cc2Br)cc1)c1ccccc1. The number of hydrogen-bond acceptors (Lipinski definition) is 3. The lowest BCUT2D eigenvalue weighted by atomic mass is 10.1. The molecule has 7 heteroatoms. The van der Waals surface area contributed by atoms with E-state index in [1.165, 1.54) is 0 Å². The maximum Gasteiger partial charge on any atom is 0.262 e. The summed E-state index contributed by atoms with van der Waals surface area (Å²) in [6.07, 6.45) is 0. The van der Waals surface area contributed by atoms with Crippen LogP contribution in [0.1, 0.15) is 17.3 Å². The minimum Gasteiger partial charge on any atom is -0.483 e. The van der Waals surface area contributed by atoms with Gasteiger partial charge in [-0.05, 0) is 77.5 Å². The van der Waals surface area contributed by atoms with Crippen LogP contribution in [0.15, 0.2) is 77.3 Å². The van der Waals surface area contributed by atoms with Crippen LogP contribution in [-0.2, 0) is 4.79 Å². The average molecular weight is 488 g/mol. The molecule has 0 aliphatic carbocycles. The Morgan fingerprint density at radius 3 is 2.37 bits per heavy atom. The van der Waals surface area contributed by atoms with Crippen molar-refractivity contribution < 1.29 is 14.3 Å². The summed E-state index contributed by atoms with van der Waals surface area (Å²) < 4.78 is 6.18. The van der Waals surface area contributed by atoms with Crippen LogP contribution in [0.2, 0.25) is 5.02 Å². The van der Waals surface area contributed by atoms with Gasteiger partial charge in [0, 0.05) is 28.5 Å². The topological polar surface area (TPSA) is 58.6 Å². The molecule has 3 aromatic rings. The Labute approximate surface area is 188 Å². The van der Waals surface area contributed by atoms with Crippen LogP contribution < -0.4 is 15.0 Å². The molecule has 0 aliphatic heterocycles. The largest absolute Gasteiger partial charge is 0.483 e. The van der Waals surface area contributed by atoms with Gasteiger partial charge in [0.05, 0.1) is 4.47 Å². The van der Waals surface area contributed by atoms with Gasteiger partial charge in [-0.15, -0.1) is 0 Å². The van der Waals surface area contributed by atoms with Crippen LogP contribution in [0.25, 0.3) is 0 Å². The summed E-state index contributed by atoms with van der Waals surface area (Å²) in [4.78, 5) is 26.7. The lowest BCUT2D eigenvalue weighted by Crippen LogP contribution is -2.30. The van der Waals surface area contributed by atoms with Gasteiger partial charge in [0.25, 0.3) is 11.8 Å². The molecule has 0 bridgehead atoms. The highest BCUT2D eigenvalue weighted by molar-refractivity contribution is 9.10. The molecule has 0 atom stereocenters. The zero-order valence-electron chi connectivity index (χ0n) is 16.3. The molecular weight excluding hydrogens is 468 g/mol. The maximum atomic E-state index is 12.8. The number of anilines is 2. The van der Waals surface area contributed by atoms with E-state index in [1.54, 1.807) is 47.4 Å². The number of para-hydroxylation sites is 1. The lowest BCUT2D eigenvalue weighted by molar-refractivity contribution is -0.118. The number of ether oxygens (including phenoxy) is 1. The molecule has 0 aromatic heterocycles. The average Bonchev–Trinajstić information content (AvgIpc) is 2.75. The first-order chi connectivity index (χ1) is 14.5. The molecule has 5 nitrogen and oxygen atoms in total. The van der Waals surface area contributed by atoms with Gasteiger partial charge in [-0.3, -0.25) is 9.59 Å². The first-order valence-corrected chi connectivity index (χ1v) is 10.5. The van der Waals surface area contributed by atoms with Crippen molar-refractivity contribution in [3.8, 4) is 5.75 Å². The van der Waals surface area contributed by atoms with Gasteiger partial charge in [-0.25, -0.2) is 0 Å². The number of benzene rings is 3. The Morgan fingerprint density at radius 2 is 1.73 bits per heavy atom. The molecule has 1 N–H and O–H groups in total. The van der Waals surface area contributed by atoms with E-state index < -0.39 is 0 Å². The van der Waals surface area contributed by atoms with Gasteiger partial charge in [0.1, 0.15) is 5.75 Å². The van der Waals surface area contributed by atoms with Crippen molar-refractivity contribution in [1.29, 1.82) is 0 Å². The summed E-state index contributed by atoms with van der Waals surface area (Å²) in [5.41, 5.74) is 1.96. The molecule has 2 amide bonds. The fourth-order valence-electron chi connectivity index (χ4n) is 2.84. The first kappa shape index (κ1) is 21.9. The number of nitrogens with one attached hydrogen (secondary N) is 1. The van der Waals surface area contributed by atoms with E-state index in [-0.39, 0.29) is 18.4 Å². The molecule has 3 aromatic carbocycles. The Balaban J connectivity index is 1.59. The Kier molecular flexibility index (Phi) is 7.49. The fraction of sp³-hybridized carbons (Fsp3) is 0.130. The Bertz CT molecular complexity index is 1030. The molecule has 3 rings (SSSR count). The van der Waals surface area contributed by atoms with Crippen molar-refractivity contribution in [1.82, 2.24) is 0 Å². The van der Waals surface area contributed by atoms with Crippen LogP contribution in [-0.4, -0.2) is 25.0 Å². The standard InChI is InChI=1S/C23H20BrClN2O3/c1-2-27(19-6-4-3-5-7-19)23(29)16-8-11-18(12-9-16)26-22(28)15-30-21-13-10-17(25)14-20(21)24/h3-14H,2,15H2,1H3,(H,26,28). The van der Waals surface area contributed by atoms with Crippen LogP contribution in [0.4, 0.5) is 11.4 Å². The van der Waals surface area contributed by atoms with Gasteiger partial charge >= 0.3 is 0 Å². The summed E-state index contributed by atoms with van der Waals surface area (Å²) in [6.45, 7) is 2.33. The second kappa shape index (κ2) is 10.3. The second-order valence-corrected chi connectivity index (χ2v) is 7.66. The van der Waals surface area contributed by atoms with Crippen LogP contribution in [0.5, 0.6) is 5.75 Å². The number of carbonyl (C=O) groups is 2. The Morgan fingerprint density at radius 1 is 1.03 bits per heavy atom. The predicted molar refractivity (Wildman–Crippen MR) is 124 cm³/mol. The van der Waals surface area contributed by atoms with Crippen molar-refractivity contribution in [2.75, 3.05) is 23.4 Å². The monoisotopic (exact) mass is 486 g/mol. The zero-order chi connectivity index (χ0) is 21.5. The maximum absolute atomic E-state index is 12.8. The van der Waals surface area contributed by atoms with Crippen LogP contribution >= 0.6 is 27.5 Å². The summed E-state index contributed by atoms with van der Waals surface area (Å²) in [7, 11) is 0. The van der Waals surface area contributed by atoms with Gasteiger partial charge in [-0.2, -0.15) is 0 Å². The summed E-state index contributed by atoms with van der Waals surface area (Å²) in [5, 5.41) is 3.33. The second-order valence-electron chi connectivity index (χ2n) is 6.37. The van der Waals surface area contributed by atoms with Crippen molar-refractivity contribution >= 4 is 50.7 Å². The van der Waals surface area contributed by atoms with E-state index in [2.05, 4.69) is 21.2 Å². The number of amides is 2. The van der Waals surface area contributed by atoms with Crippen molar-refractivity contribution in [3.63, 3.8) is 0 Å². The van der Waals surface area contributed by atoms with E-state index in [1.807, 2.05) is 37.3 Å². The van der Waals surface area contributed by atoms with Gasteiger partial charge in [-0.1, -0.05) is 29.8 Å². The first-order valence-electron chi connectivity index (χ1n) is 9.32. The summed E-state index contributed by atoms with van der Waals surface area (Å²) >= 11 is 9.24. The number of carbonyl (C=O) groups excluding carboxylic acids is 2. The lowest BCUT2D eigenvalue weighted by Gasteiger charge is -2.21. The van der Waals surface area contributed by atoms with Crippen molar-refractivity contribution in [2.24, 2.45) is 0 Å². The smallest absolute Gasteiger partial charge is 0.262 e. The number of nitrogens with zero attached hydrogens (tertiary/aromatic N) is 1. The molecule has 0 spiro atoms. The van der Waals surface area contributed by atoms with E-state index in [0.29, 0.717) is 33.0 Å². The number of hydrogen-bond donors (Lipinski definition) is 1. The molecule has 0 heterocycles. The summed E-state index contributed by atoms with van der Waals surface area (Å²) in [5.74, 6) is 0.115. The predicted octanol–water partition coefficient (Wildman–Crippen LogP) is 5.79. The molecule has 0 unspecified atom stereocenters. The van der Waals surface area contributed by atoms with Crippen LogP contribution in [0.3, 0.4) is 0 Å². The quantitative estimate of drug-likeness (QED) is 0.459. The molecule has 0 fully saturated rings. The third-order valence-corrected chi connectivity index (χ3v) is 5.15. The van der Waals surface area contributed by atoms with E-state index >= 15 is 0 Å². The molecule has 154 valence electrons. The van der Waals surface area contributed by atoms with E-state index in [4.69, 9.17) is 16.3 Å². The number of rotatable bonds is 7. The van der Waals surface area contributed by atoms with Crippen molar-refractivity contribution in [2.45, 2.75) is 6.92 Å². The highest BCUT2D eigenvalue weighted by Crippen LogP contribution is 2.28. The third kappa shape index (κ3) is 5.62. The molecular formula is C23H20BrClN2O3.